The number of hydrogen-bond donors (Lipinski definition) is 1. The molecule has 0 unspecified atom stereocenters. The van der Waals surface area contributed by atoms with E-state index in [4.69, 9.17) is 16.0 Å². The number of hydrogen-bond acceptors (Lipinski definition) is 4. The van der Waals surface area contributed by atoms with Crippen molar-refractivity contribution in [1.29, 1.82) is 0 Å². The van der Waals surface area contributed by atoms with Crippen LogP contribution >= 0.6 is 11.6 Å². The van der Waals surface area contributed by atoms with Gasteiger partial charge >= 0.3 is 0 Å². The Balaban J connectivity index is 1.61. The van der Waals surface area contributed by atoms with E-state index < -0.39 is 0 Å². The molecule has 0 aliphatic carbocycles. The normalized spacial score (nSPS) is 14.7. The van der Waals surface area contributed by atoms with Gasteiger partial charge in [0.2, 0.25) is 11.8 Å². The molecule has 7 heteroatoms. The highest BCUT2D eigenvalue weighted by Crippen LogP contribution is 2.29. The maximum atomic E-state index is 12.0. The number of carbonyl (C=O) groups excluding carboxylic acids is 2. The van der Waals surface area contributed by atoms with Crippen LogP contribution in [0.5, 0.6) is 0 Å². The zero-order valence-corrected chi connectivity index (χ0v) is 15.2. The lowest BCUT2D eigenvalue weighted by molar-refractivity contribution is -0.129. The number of rotatable bonds is 4. The zero-order valence-electron chi connectivity index (χ0n) is 14.4. The minimum absolute atomic E-state index is 0.0939. The average molecular weight is 374 g/mol. The van der Waals surface area contributed by atoms with Gasteiger partial charge in [0.15, 0.2) is 0 Å². The number of amides is 2. The van der Waals surface area contributed by atoms with Crippen LogP contribution in [0.1, 0.15) is 12.7 Å². The van der Waals surface area contributed by atoms with Gasteiger partial charge in [-0.15, -0.1) is 0 Å². The molecule has 1 aliphatic heterocycles. The molecule has 26 heavy (non-hydrogen) atoms. The largest absolute Gasteiger partial charge is 0.465 e. The van der Waals surface area contributed by atoms with Crippen molar-refractivity contribution in [3.63, 3.8) is 0 Å². The lowest BCUT2D eigenvalue weighted by Gasteiger charge is -2.36. The predicted octanol–water partition coefficient (Wildman–Crippen LogP) is 3.25. The number of nitrogens with one attached hydrogen (secondary N) is 1. The van der Waals surface area contributed by atoms with Crippen molar-refractivity contribution in [2.45, 2.75) is 6.92 Å². The van der Waals surface area contributed by atoms with Gasteiger partial charge in [0.1, 0.15) is 5.76 Å². The second-order valence-corrected chi connectivity index (χ2v) is 6.40. The van der Waals surface area contributed by atoms with Crippen LogP contribution < -0.4 is 10.2 Å². The lowest BCUT2D eigenvalue weighted by atomic mass is 10.2. The molecule has 1 aromatic carbocycles. The molecule has 3 rings (SSSR count). The average Bonchev–Trinajstić information content (AvgIpc) is 3.14. The number of nitrogens with zero attached hydrogens (tertiary/aromatic N) is 2. The van der Waals surface area contributed by atoms with Crippen molar-refractivity contribution >= 4 is 40.9 Å². The van der Waals surface area contributed by atoms with E-state index >= 15 is 0 Å². The predicted molar refractivity (Wildman–Crippen MR) is 102 cm³/mol. The highest BCUT2D eigenvalue weighted by molar-refractivity contribution is 6.33. The highest BCUT2D eigenvalue weighted by Gasteiger charge is 2.20. The van der Waals surface area contributed by atoms with Crippen LogP contribution in [0.25, 0.3) is 6.08 Å². The van der Waals surface area contributed by atoms with Crippen molar-refractivity contribution in [2.75, 3.05) is 36.4 Å². The third-order valence-electron chi connectivity index (χ3n) is 4.22. The molecule has 1 N–H and O–H groups in total. The molecule has 1 aliphatic rings. The quantitative estimate of drug-likeness (QED) is 0.835. The van der Waals surface area contributed by atoms with Crippen LogP contribution in [0.4, 0.5) is 11.4 Å². The van der Waals surface area contributed by atoms with Crippen molar-refractivity contribution in [1.82, 2.24) is 4.90 Å². The van der Waals surface area contributed by atoms with Crippen LogP contribution in [0.3, 0.4) is 0 Å². The van der Waals surface area contributed by atoms with E-state index in [2.05, 4.69) is 10.2 Å². The third kappa shape index (κ3) is 4.46. The molecule has 0 bridgehead atoms. The Morgan fingerprint density at radius 2 is 1.96 bits per heavy atom. The van der Waals surface area contributed by atoms with Gasteiger partial charge in [0, 0.05) is 44.9 Å². The topological polar surface area (TPSA) is 65.8 Å². The van der Waals surface area contributed by atoms with Gasteiger partial charge in [-0.1, -0.05) is 11.6 Å². The monoisotopic (exact) mass is 373 g/mol. The number of halogens is 1. The SMILES string of the molecule is CC(=O)N1CCN(c2ccc(NC(=O)/C=C/c3ccco3)cc2Cl)CC1. The standard InChI is InChI=1S/C19H20ClN3O3/c1-14(24)22-8-10-23(11-9-22)18-6-4-15(13-17(18)20)21-19(25)7-5-16-3-2-12-26-16/h2-7,12-13H,8-11H2,1H3,(H,21,25)/b7-5+. The Bertz CT molecular complexity index is 809. The zero-order chi connectivity index (χ0) is 18.5. The summed E-state index contributed by atoms with van der Waals surface area (Å²) in [6, 6.07) is 8.95. The Labute approximate surface area is 157 Å². The molecule has 0 atom stereocenters. The summed E-state index contributed by atoms with van der Waals surface area (Å²) < 4.78 is 5.14. The summed E-state index contributed by atoms with van der Waals surface area (Å²) in [5.74, 6) is 0.440. The molecular formula is C19H20ClN3O3. The molecule has 2 aromatic rings. The van der Waals surface area contributed by atoms with Crippen LogP contribution in [0.2, 0.25) is 5.02 Å². The molecule has 2 amide bonds. The van der Waals surface area contributed by atoms with Gasteiger partial charge in [-0.2, -0.15) is 0 Å². The molecule has 6 nitrogen and oxygen atoms in total. The summed E-state index contributed by atoms with van der Waals surface area (Å²) in [6.45, 7) is 4.41. The van der Waals surface area contributed by atoms with Crippen molar-refractivity contribution in [3.05, 3.63) is 53.5 Å². The van der Waals surface area contributed by atoms with Gasteiger partial charge in [-0.3, -0.25) is 9.59 Å². The van der Waals surface area contributed by atoms with E-state index in [0.717, 1.165) is 18.8 Å². The smallest absolute Gasteiger partial charge is 0.248 e. The van der Waals surface area contributed by atoms with Gasteiger partial charge in [-0.05, 0) is 36.4 Å². The molecule has 0 spiro atoms. The molecule has 2 heterocycles. The Kier molecular flexibility index (Phi) is 5.63. The molecule has 1 aromatic heterocycles. The minimum Gasteiger partial charge on any atom is -0.465 e. The van der Waals surface area contributed by atoms with Crippen molar-refractivity contribution < 1.29 is 14.0 Å². The number of piperazine rings is 1. The molecule has 0 radical (unpaired) electrons. The molecule has 0 saturated carbocycles. The first kappa shape index (κ1) is 18.1. The van der Waals surface area contributed by atoms with Crippen LogP contribution in [-0.2, 0) is 9.59 Å². The number of carbonyl (C=O) groups is 2. The summed E-state index contributed by atoms with van der Waals surface area (Å²) in [4.78, 5) is 27.4. The highest BCUT2D eigenvalue weighted by atomic mass is 35.5. The second-order valence-electron chi connectivity index (χ2n) is 6.00. The second kappa shape index (κ2) is 8.10. The van der Waals surface area contributed by atoms with Gasteiger partial charge in [0.25, 0.3) is 0 Å². The van der Waals surface area contributed by atoms with E-state index in [1.807, 2.05) is 17.0 Å². The summed E-state index contributed by atoms with van der Waals surface area (Å²) >= 11 is 6.40. The van der Waals surface area contributed by atoms with Gasteiger partial charge in [-0.25, -0.2) is 0 Å². The van der Waals surface area contributed by atoms with E-state index in [1.54, 1.807) is 37.5 Å². The van der Waals surface area contributed by atoms with Crippen LogP contribution in [-0.4, -0.2) is 42.9 Å². The fraction of sp³-hybridized carbons (Fsp3) is 0.263. The van der Waals surface area contributed by atoms with E-state index in [-0.39, 0.29) is 11.8 Å². The molecule has 1 saturated heterocycles. The van der Waals surface area contributed by atoms with Gasteiger partial charge in [0.05, 0.1) is 17.0 Å². The first-order valence-corrected chi connectivity index (χ1v) is 8.73. The molecule has 1 fully saturated rings. The Hall–Kier alpha value is -2.73. The first-order valence-electron chi connectivity index (χ1n) is 8.35. The number of benzene rings is 1. The maximum absolute atomic E-state index is 12.0. The van der Waals surface area contributed by atoms with Gasteiger partial charge < -0.3 is 19.5 Å². The van der Waals surface area contributed by atoms with Crippen LogP contribution in [0.15, 0.2) is 47.1 Å². The lowest BCUT2D eigenvalue weighted by Crippen LogP contribution is -2.48. The van der Waals surface area contributed by atoms with E-state index in [1.165, 1.54) is 6.08 Å². The summed E-state index contributed by atoms with van der Waals surface area (Å²) in [7, 11) is 0. The molecule has 136 valence electrons. The first-order chi connectivity index (χ1) is 12.5. The Morgan fingerprint density at radius 3 is 2.58 bits per heavy atom. The number of anilines is 2. The summed E-state index contributed by atoms with van der Waals surface area (Å²) in [5.41, 5.74) is 1.52. The fourth-order valence-corrected chi connectivity index (χ4v) is 3.13. The molecular weight excluding hydrogens is 354 g/mol. The van der Waals surface area contributed by atoms with E-state index in [0.29, 0.717) is 29.6 Å². The van der Waals surface area contributed by atoms with Crippen molar-refractivity contribution in [3.8, 4) is 0 Å². The van der Waals surface area contributed by atoms with Crippen molar-refractivity contribution in [2.24, 2.45) is 0 Å². The summed E-state index contributed by atoms with van der Waals surface area (Å²) in [6.07, 6.45) is 4.55. The maximum Gasteiger partial charge on any atom is 0.248 e. The fourth-order valence-electron chi connectivity index (χ4n) is 2.83. The third-order valence-corrected chi connectivity index (χ3v) is 4.53. The Morgan fingerprint density at radius 1 is 1.19 bits per heavy atom. The number of furan rings is 1. The van der Waals surface area contributed by atoms with Crippen LogP contribution in [0, 0.1) is 0 Å². The van der Waals surface area contributed by atoms with E-state index in [9.17, 15) is 9.59 Å². The minimum atomic E-state index is -0.264. The summed E-state index contributed by atoms with van der Waals surface area (Å²) in [5, 5.41) is 3.34.